The maximum Gasteiger partial charge on any atom is 0.185 e. The van der Waals surface area contributed by atoms with Crippen LogP contribution in [0.3, 0.4) is 0 Å². The van der Waals surface area contributed by atoms with Gasteiger partial charge in [-0.3, -0.25) is 0 Å². The molecule has 1 aliphatic carbocycles. The van der Waals surface area contributed by atoms with E-state index in [-0.39, 0.29) is 0 Å². The van der Waals surface area contributed by atoms with E-state index in [1.807, 2.05) is 24.3 Å². The molecule has 3 rings (SSSR count). The molecule has 1 saturated carbocycles. The molecule has 1 heterocycles. The maximum absolute atomic E-state index is 5.73. The second-order valence-corrected chi connectivity index (χ2v) is 6.38. The molecule has 1 aromatic heterocycles. The van der Waals surface area contributed by atoms with Crippen molar-refractivity contribution < 1.29 is 0 Å². The van der Waals surface area contributed by atoms with Crippen LogP contribution >= 0.6 is 11.3 Å². The summed E-state index contributed by atoms with van der Waals surface area (Å²) in [4.78, 5) is 7.15. The fourth-order valence-electron chi connectivity index (χ4n) is 2.84. The van der Waals surface area contributed by atoms with E-state index in [4.69, 9.17) is 10.7 Å². The van der Waals surface area contributed by atoms with Crippen LogP contribution in [0.5, 0.6) is 0 Å². The predicted octanol–water partition coefficient (Wildman–Crippen LogP) is 4.16. The normalized spacial score (nSPS) is 16.2. The van der Waals surface area contributed by atoms with Crippen molar-refractivity contribution in [3.63, 3.8) is 0 Å². The van der Waals surface area contributed by atoms with Gasteiger partial charge in [-0.2, -0.15) is 0 Å². The van der Waals surface area contributed by atoms with Crippen molar-refractivity contribution in [2.24, 2.45) is 0 Å². The summed E-state index contributed by atoms with van der Waals surface area (Å²) in [7, 11) is 2.18. The zero-order chi connectivity index (χ0) is 13.9. The van der Waals surface area contributed by atoms with Crippen molar-refractivity contribution in [1.82, 2.24) is 4.98 Å². The number of rotatable bonds is 3. The largest absolute Gasteiger partial charge is 0.399 e. The Kier molecular flexibility index (Phi) is 3.92. The Morgan fingerprint density at radius 2 is 1.85 bits per heavy atom. The van der Waals surface area contributed by atoms with Gasteiger partial charge in [0, 0.05) is 29.7 Å². The molecule has 0 atom stereocenters. The first-order chi connectivity index (χ1) is 9.74. The van der Waals surface area contributed by atoms with Gasteiger partial charge in [-0.05, 0) is 25.0 Å². The van der Waals surface area contributed by atoms with Crippen LogP contribution in [0.25, 0.3) is 11.3 Å². The molecule has 2 N–H and O–H groups in total. The van der Waals surface area contributed by atoms with Crippen LogP contribution in [-0.2, 0) is 0 Å². The second kappa shape index (κ2) is 5.83. The van der Waals surface area contributed by atoms with Crippen LogP contribution in [0.2, 0.25) is 0 Å². The lowest BCUT2D eigenvalue weighted by molar-refractivity contribution is 0.427. The Balaban J connectivity index is 1.77. The standard InChI is InChI=1S/C16H21N3S/c1-19(14-5-3-2-4-6-14)16-18-15(11-20-16)12-7-9-13(17)10-8-12/h7-11,14H,2-6,17H2,1H3. The molecule has 3 nitrogen and oxygen atoms in total. The number of aromatic nitrogens is 1. The minimum absolute atomic E-state index is 0.661. The molecule has 0 unspecified atom stereocenters. The fraction of sp³-hybridized carbons (Fsp3) is 0.438. The molecule has 0 saturated heterocycles. The summed E-state index contributed by atoms with van der Waals surface area (Å²) in [6.45, 7) is 0. The van der Waals surface area contributed by atoms with Crippen LogP contribution in [0.15, 0.2) is 29.6 Å². The Bertz CT molecular complexity index is 555. The van der Waals surface area contributed by atoms with Gasteiger partial charge in [0.05, 0.1) is 5.69 Å². The van der Waals surface area contributed by atoms with Crippen LogP contribution in [0.1, 0.15) is 32.1 Å². The first kappa shape index (κ1) is 13.4. The van der Waals surface area contributed by atoms with Gasteiger partial charge in [-0.15, -0.1) is 11.3 Å². The van der Waals surface area contributed by atoms with E-state index in [0.29, 0.717) is 6.04 Å². The molecule has 1 aliphatic rings. The van der Waals surface area contributed by atoms with Gasteiger partial charge in [0.15, 0.2) is 5.13 Å². The number of benzene rings is 1. The lowest BCUT2D eigenvalue weighted by atomic mass is 9.95. The number of thiazole rings is 1. The van der Waals surface area contributed by atoms with Crippen molar-refractivity contribution in [1.29, 1.82) is 0 Å². The monoisotopic (exact) mass is 287 g/mol. The molecule has 4 heteroatoms. The van der Waals surface area contributed by atoms with E-state index in [2.05, 4.69) is 17.3 Å². The third-order valence-corrected chi connectivity index (χ3v) is 5.05. The molecule has 0 aliphatic heterocycles. The van der Waals surface area contributed by atoms with Crippen molar-refractivity contribution in [3.8, 4) is 11.3 Å². The van der Waals surface area contributed by atoms with E-state index >= 15 is 0 Å². The highest BCUT2D eigenvalue weighted by Crippen LogP contribution is 2.31. The number of anilines is 2. The number of hydrogen-bond donors (Lipinski definition) is 1. The van der Waals surface area contributed by atoms with E-state index in [1.165, 1.54) is 32.1 Å². The third kappa shape index (κ3) is 2.80. The number of nitrogens with two attached hydrogens (primary N) is 1. The van der Waals surface area contributed by atoms with Gasteiger partial charge < -0.3 is 10.6 Å². The van der Waals surface area contributed by atoms with Gasteiger partial charge in [0.2, 0.25) is 0 Å². The number of nitrogens with zero attached hydrogens (tertiary/aromatic N) is 2. The molecule has 2 aromatic rings. The second-order valence-electron chi connectivity index (χ2n) is 5.54. The van der Waals surface area contributed by atoms with Gasteiger partial charge in [0.1, 0.15) is 0 Å². The minimum Gasteiger partial charge on any atom is -0.399 e. The highest BCUT2D eigenvalue weighted by Gasteiger charge is 2.20. The van der Waals surface area contributed by atoms with Crippen LogP contribution in [-0.4, -0.2) is 18.1 Å². The average molecular weight is 287 g/mol. The lowest BCUT2D eigenvalue weighted by Crippen LogP contribution is -2.33. The van der Waals surface area contributed by atoms with E-state index < -0.39 is 0 Å². The summed E-state index contributed by atoms with van der Waals surface area (Å²) in [5.74, 6) is 0. The Labute approximate surface area is 124 Å². The third-order valence-electron chi connectivity index (χ3n) is 4.12. The highest BCUT2D eigenvalue weighted by atomic mass is 32.1. The molecular weight excluding hydrogens is 266 g/mol. The Hall–Kier alpha value is -1.55. The molecule has 106 valence electrons. The summed E-state index contributed by atoms with van der Waals surface area (Å²) < 4.78 is 0. The number of nitrogen functional groups attached to an aromatic ring is 1. The summed E-state index contributed by atoms with van der Waals surface area (Å²) in [6, 6.07) is 8.59. The fourth-order valence-corrected chi connectivity index (χ4v) is 3.71. The Morgan fingerprint density at radius 3 is 2.55 bits per heavy atom. The first-order valence-corrected chi connectivity index (χ1v) is 8.16. The van der Waals surface area contributed by atoms with Gasteiger partial charge in [0.25, 0.3) is 0 Å². The zero-order valence-corrected chi connectivity index (χ0v) is 12.7. The van der Waals surface area contributed by atoms with Crippen molar-refractivity contribution in [2.45, 2.75) is 38.1 Å². The Morgan fingerprint density at radius 1 is 1.15 bits per heavy atom. The smallest absolute Gasteiger partial charge is 0.185 e. The van der Waals surface area contributed by atoms with Gasteiger partial charge in [-0.1, -0.05) is 31.4 Å². The molecule has 0 spiro atoms. The highest BCUT2D eigenvalue weighted by molar-refractivity contribution is 7.14. The van der Waals surface area contributed by atoms with E-state index in [9.17, 15) is 0 Å². The van der Waals surface area contributed by atoms with E-state index in [1.54, 1.807) is 11.3 Å². The SMILES string of the molecule is CN(c1nc(-c2ccc(N)cc2)cs1)C1CCCCC1. The lowest BCUT2D eigenvalue weighted by Gasteiger charge is -2.30. The predicted molar refractivity (Wildman–Crippen MR) is 87.2 cm³/mol. The molecule has 0 amide bonds. The molecule has 0 bridgehead atoms. The van der Waals surface area contributed by atoms with Crippen LogP contribution in [0, 0.1) is 0 Å². The van der Waals surface area contributed by atoms with Crippen molar-refractivity contribution in [2.75, 3.05) is 17.7 Å². The van der Waals surface area contributed by atoms with Gasteiger partial charge >= 0.3 is 0 Å². The molecule has 20 heavy (non-hydrogen) atoms. The molecule has 1 fully saturated rings. The maximum atomic E-state index is 5.73. The average Bonchev–Trinajstić information content (AvgIpc) is 2.98. The van der Waals surface area contributed by atoms with Crippen molar-refractivity contribution in [3.05, 3.63) is 29.6 Å². The summed E-state index contributed by atoms with van der Waals surface area (Å²) >= 11 is 1.73. The molecule has 1 aromatic carbocycles. The topological polar surface area (TPSA) is 42.2 Å². The zero-order valence-electron chi connectivity index (χ0n) is 11.9. The van der Waals surface area contributed by atoms with Crippen molar-refractivity contribution >= 4 is 22.2 Å². The van der Waals surface area contributed by atoms with Gasteiger partial charge in [-0.25, -0.2) is 4.98 Å². The van der Waals surface area contributed by atoms with Crippen LogP contribution < -0.4 is 10.6 Å². The minimum atomic E-state index is 0.661. The number of hydrogen-bond acceptors (Lipinski definition) is 4. The first-order valence-electron chi connectivity index (χ1n) is 7.28. The van der Waals surface area contributed by atoms with Crippen LogP contribution in [0.4, 0.5) is 10.8 Å². The summed E-state index contributed by atoms with van der Waals surface area (Å²) in [5, 5.41) is 3.27. The molecule has 0 radical (unpaired) electrons. The summed E-state index contributed by atoms with van der Waals surface area (Å²) in [5.41, 5.74) is 8.71. The summed E-state index contributed by atoms with van der Waals surface area (Å²) in [6.07, 6.45) is 6.69. The van der Waals surface area contributed by atoms with E-state index in [0.717, 1.165) is 22.1 Å². The quantitative estimate of drug-likeness (QED) is 0.862. The molecular formula is C16H21N3S.